The Morgan fingerprint density at radius 2 is 2.18 bits per heavy atom. The highest BCUT2D eigenvalue weighted by molar-refractivity contribution is 5.97. The van der Waals surface area contributed by atoms with E-state index >= 15 is 0 Å². The predicted octanol–water partition coefficient (Wildman–Crippen LogP) is 2.78. The highest BCUT2D eigenvalue weighted by Crippen LogP contribution is 2.30. The van der Waals surface area contributed by atoms with Crippen molar-refractivity contribution in [3.8, 4) is 17.3 Å². The van der Waals surface area contributed by atoms with Crippen LogP contribution in [0.1, 0.15) is 11.3 Å². The van der Waals surface area contributed by atoms with Gasteiger partial charge in [0.15, 0.2) is 0 Å². The lowest BCUT2D eigenvalue weighted by molar-refractivity contribution is 1.02. The molecular weight excluding hydrogens is 274 g/mol. The van der Waals surface area contributed by atoms with Gasteiger partial charge in [0.05, 0.1) is 28.2 Å². The number of anilines is 1. The first-order valence-electron chi connectivity index (χ1n) is 7.16. The average molecular weight is 291 g/mol. The van der Waals surface area contributed by atoms with Crippen LogP contribution >= 0.6 is 0 Å². The molecule has 5 nitrogen and oxygen atoms in total. The first-order chi connectivity index (χ1) is 10.7. The number of pyridine rings is 1. The fraction of sp³-hybridized carbons (Fsp3) is 0.176. The molecule has 0 amide bonds. The van der Waals surface area contributed by atoms with Gasteiger partial charge in [0.25, 0.3) is 0 Å². The van der Waals surface area contributed by atoms with E-state index in [1.807, 2.05) is 37.4 Å². The Kier molecular flexibility index (Phi) is 3.77. The Bertz CT molecular complexity index is 857. The fourth-order valence-corrected chi connectivity index (χ4v) is 2.56. The van der Waals surface area contributed by atoms with Crippen LogP contribution in [0.4, 0.5) is 5.69 Å². The zero-order chi connectivity index (χ0) is 15.5. The van der Waals surface area contributed by atoms with Crippen molar-refractivity contribution in [3.63, 3.8) is 0 Å². The number of nitrogens with zero attached hydrogens (tertiary/aromatic N) is 2. The number of hydrogen-bond donors (Lipinski definition) is 3. The summed E-state index contributed by atoms with van der Waals surface area (Å²) >= 11 is 0. The standard InChI is InChI=1S/C17H17N5/c1-11-15(20-8-7-18)5-6-16(22-11)14-10-21-17-12(9-19)3-2-4-13(14)17/h2-6,10,20-21H,7-8,18H2,1H3. The lowest BCUT2D eigenvalue weighted by atomic mass is 10.1. The number of nitrogens with two attached hydrogens (primary N) is 1. The second-order valence-electron chi connectivity index (χ2n) is 5.09. The number of aryl methyl sites for hydroxylation is 1. The van der Waals surface area contributed by atoms with E-state index in [4.69, 9.17) is 5.73 Å². The molecule has 3 aromatic rings. The predicted molar refractivity (Wildman–Crippen MR) is 88.5 cm³/mol. The summed E-state index contributed by atoms with van der Waals surface area (Å²) < 4.78 is 0. The van der Waals surface area contributed by atoms with Gasteiger partial charge in [-0.15, -0.1) is 0 Å². The van der Waals surface area contributed by atoms with Crippen LogP contribution in [0.25, 0.3) is 22.2 Å². The van der Waals surface area contributed by atoms with Crippen LogP contribution in [0.15, 0.2) is 36.5 Å². The van der Waals surface area contributed by atoms with Gasteiger partial charge in [-0.25, -0.2) is 0 Å². The molecular formula is C17H17N5. The Labute approximate surface area is 128 Å². The second kappa shape index (κ2) is 5.88. The summed E-state index contributed by atoms with van der Waals surface area (Å²) in [5.74, 6) is 0. The molecule has 0 fully saturated rings. The Morgan fingerprint density at radius 3 is 2.91 bits per heavy atom. The summed E-state index contributed by atoms with van der Waals surface area (Å²) in [6.07, 6.45) is 1.90. The molecule has 0 aliphatic carbocycles. The maximum atomic E-state index is 9.17. The van der Waals surface area contributed by atoms with Gasteiger partial charge in [0.1, 0.15) is 6.07 Å². The third-order valence-corrected chi connectivity index (χ3v) is 3.66. The number of H-pyrrole nitrogens is 1. The molecule has 0 aliphatic heterocycles. The third kappa shape index (κ3) is 2.41. The molecule has 5 heteroatoms. The molecule has 0 radical (unpaired) electrons. The van der Waals surface area contributed by atoms with Crippen molar-refractivity contribution in [1.29, 1.82) is 5.26 Å². The SMILES string of the molecule is Cc1nc(-c2c[nH]c3c(C#N)cccc23)ccc1NCCN. The van der Waals surface area contributed by atoms with E-state index in [0.717, 1.165) is 40.1 Å². The van der Waals surface area contributed by atoms with Crippen molar-refractivity contribution in [2.45, 2.75) is 6.92 Å². The molecule has 0 spiro atoms. The first kappa shape index (κ1) is 14.1. The van der Waals surface area contributed by atoms with Gasteiger partial charge in [-0.1, -0.05) is 12.1 Å². The summed E-state index contributed by atoms with van der Waals surface area (Å²) in [5, 5.41) is 13.4. The van der Waals surface area contributed by atoms with Crippen molar-refractivity contribution in [3.05, 3.63) is 47.8 Å². The maximum Gasteiger partial charge on any atom is 0.101 e. The van der Waals surface area contributed by atoms with Crippen LogP contribution in [0.2, 0.25) is 0 Å². The van der Waals surface area contributed by atoms with Crippen molar-refractivity contribution >= 4 is 16.6 Å². The number of hydrogen-bond acceptors (Lipinski definition) is 4. The zero-order valence-corrected chi connectivity index (χ0v) is 12.4. The maximum absolute atomic E-state index is 9.17. The monoisotopic (exact) mass is 291 g/mol. The van der Waals surface area contributed by atoms with Crippen LogP contribution in [0.3, 0.4) is 0 Å². The summed E-state index contributed by atoms with van der Waals surface area (Å²) in [5.41, 5.74) is 10.8. The van der Waals surface area contributed by atoms with Gasteiger partial charge < -0.3 is 16.0 Å². The smallest absolute Gasteiger partial charge is 0.101 e. The highest BCUT2D eigenvalue weighted by Gasteiger charge is 2.11. The molecule has 0 saturated carbocycles. The van der Waals surface area contributed by atoms with Gasteiger partial charge in [0.2, 0.25) is 0 Å². The van der Waals surface area contributed by atoms with Gasteiger partial charge in [0, 0.05) is 30.2 Å². The lowest BCUT2D eigenvalue weighted by Gasteiger charge is -2.09. The molecule has 2 heterocycles. The van der Waals surface area contributed by atoms with Crippen LogP contribution < -0.4 is 11.1 Å². The van der Waals surface area contributed by atoms with Gasteiger partial charge in [-0.05, 0) is 25.1 Å². The van der Waals surface area contributed by atoms with Crippen LogP contribution in [-0.2, 0) is 0 Å². The minimum atomic E-state index is 0.584. The Morgan fingerprint density at radius 1 is 1.32 bits per heavy atom. The number of fused-ring (bicyclic) bond motifs is 1. The molecule has 0 atom stereocenters. The van der Waals surface area contributed by atoms with E-state index < -0.39 is 0 Å². The molecule has 0 unspecified atom stereocenters. The minimum absolute atomic E-state index is 0.584. The average Bonchev–Trinajstić information content (AvgIpc) is 2.97. The molecule has 2 aromatic heterocycles. The molecule has 0 saturated heterocycles. The van der Waals surface area contributed by atoms with Gasteiger partial charge in [-0.3, -0.25) is 4.98 Å². The fourth-order valence-electron chi connectivity index (χ4n) is 2.56. The van der Waals surface area contributed by atoms with Gasteiger partial charge in [-0.2, -0.15) is 5.26 Å². The quantitative estimate of drug-likeness (QED) is 0.689. The van der Waals surface area contributed by atoms with Gasteiger partial charge >= 0.3 is 0 Å². The van der Waals surface area contributed by atoms with E-state index in [9.17, 15) is 5.26 Å². The first-order valence-corrected chi connectivity index (χ1v) is 7.16. The molecule has 3 rings (SSSR count). The molecule has 0 bridgehead atoms. The second-order valence-corrected chi connectivity index (χ2v) is 5.09. The van der Waals surface area contributed by atoms with E-state index in [1.54, 1.807) is 6.07 Å². The number of rotatable bonds is 4. The third-order valence-electron chi connectivity index (χ3n) is 3.66. The highest BCUT2D eigenvalue weighted by atomic mass is 14.9. The lowest BCUT2D eigenvalue weighted by Crippen LogP contribution is -2.14. The van der Waals surface area contributed by atoms with E-state index in [1.165, 1.54) is 0 Å². The summed E-state index contributed by atoms with van der Waals surface area (Å²) in [6.45, 7) is 3.28. The largest absolute Gasteiger partial charge is 0.382 e. The molecule has 0 aliphatic rings. The number of aromatic amines is 1. The number of benzene rings is 1. The van der Waals surface area contributed by atoms with Crippen LogP contribution in [0.5, 0.6) is 0 Å². The van der Waals surface area contributed by atoms with Crippen molar-refractivity contribution in [2.24, 2.45) is 5.73 Å². The van der Waals surface area contributed by atoms with E-state index in [-0.39, 0.29) is 0 Å². The Balaban J connectivity index is 2.05. The van der Waals surface area contributed by atoms with E-state index in [0.29, 0.717) is 12.1 Å². The van der Waals surface area contributed by atoms with E-state index in [2.05, 4.69) is 21.4 Å². The number of nitrogens with one attached hydrogen (secondary N) is 2. The molecule has 1 aromatic carbocycles. The summed E-state index contributed by atoms with van der Waals surface area (Å²) in [7, 11) is 0. The Hall–Kier alpha value is -2.84. The molecule has 4 N–H and O–H groups in total. The van der Waals surface area contributed by atoms with Crippen molar-refractivity contribution < 1.29 is 0 Å². The summed E-state index contributed by atoms with van der Waals surface area (Å²) in [6, 6.07) is 11.9. The molecule has 110 valence electrons. The number of nitriles is 1. The van der Waals surface area contributed by atoms with Crippen molar-refractivity contribution in [1.82, 2.24) is 9.97 Å². The summed E-state index contributed by atoms with van der Waals surface area (Å²) in [4.78, 5) is 7.85. The van der Waals surface area contributed by atoms with Crippen LogP contribution in [-0.4, -0.2) is 23.1 Å². The van der Waals surface area contributed by atoms with Crippen molar-refractivity contribution in [2.75, 3.05) is 18.4 Å². The molecule has 22 heavy (non-hydrogen) atoms. The number of para-hydroxylation sites is 1. The van der Waals surface area contributed by atoms with Crippen LogP contribution in [0, 0.1) is 18.3 Å². The zero-order valence-electron chi connectivity index (χ0n) is 12.4. The normalized spacial score (nSPS) is 10.6. The minimum Gasteiger partial charge on any atom is -0.382 e. The topological polar surface area (TPSA) is 90.5 Å². The number of aromatic nitrogens is 2.